The summed E-state index contributed by atoms with van der Waals surface area (Å²) in [5.41, 5.74) is 15.4. The normalized spacial score (nSPS) is 11.3. The second-order valence-electron chi connectivity index (χ2n) is 15.6. The van der Waals surface area contributed by atoms with E-state index in [-0.39, 0.29) is 0 Å². The Balaban J connectivity index is 1.09. The van der Waals surface area contributed by atoms with Gasteiger partial charge in [0.15, 0.2) is 0 Å². The zero-order valence-electron chi connectivity index (χ0n) is 33.6. The van der Waals surface area contributed by atoms with Crippen molar-refractivity contribution < 1.29 is 0 Å². The molecule has 0 bridgehead atoms. The summed E-state index contributed by atoms with van der Waals surface area (Å²) in [6.45, 7) is 0. The maximum absolute atomic E-state index is 2.40. The van der Waals surface area contributed by atoms with E-state index in [0.29, 0.717) is 0 Å². The lowest BCUT2D eigenvalue weighted by Crippen LogP contribution is -2.10. The maximum atomic E-state index is 2.40. The molecule has 61 heavy (non-hydrogen) atoms. The van der Waals surface area contributed by atoms with Gasteiger partial charge >= 0.3 is 0 Å². The van der Waals surface area contributed by atoms with Crippen LogP contribution in [0.1, 0.15) is 0 Å². The minimum atomic E-state index is 1.09. The fourth-order valence-corrected chi connectivity index (χ4v) is 9.26. The molecule has 11 rings (SSSR count). The van der Waals surface area contributed by atoms with Gasteiger partial charge in [0.25, 0.3) is 0 Å². The highest BCUT2D eigenvalue weighted by molar-refractivity contribution is 6.21. The predicted molar refractivity (Wildman–Crippen MR) is 261 cm³/mol. The van der Waals surface area contributed by atoms with Crippen LogP contribution in [0.5, 0.6) is 0 Å². The summed E-state index contributed by atoms with van der Waals surface area (Å²) in [4.78, 5) is 2.40. The predicted octanol–water partition coefficient (Wildman–Crippen LogP) is 17.0. The van der Waals surface area contributed by atoms with Gasteiger partial charge in [-0.15, -0.1) is 0 Å². The molecular weight excluding hydrogens is 735 g/mol. The molecule has 0 fully saturated rings. The van der Waals surface area contributed by atoms with Gasteiger partial charge in [0.05, 0.1) is 0 Å². The van der Waals surface area contributed by atoms with Crippen LogP contribution < -0.4 is 4.90 Å². The maximum Gasteiger partial charge on any atom is 0.0467 e. The third-order valence-electron chi connectivity index (χ3n) is 12.1. The number of rotatable bonds is 8. The van der Waals surface area contributed by atoms with Gasteiger partial charge < -0.3 is 4.90 Å². The summed E-state index contributed by atoms with van der Waals surface area (Å²) < 4.78 is 0. The van der Waals surface area contributed by atoms with Crippen molar-refractivity contribution in [1.82, 2.24) is 0 Å². The lowest BCUT2D eigenvalue weighted by Gasteiger charge is -2.27. The lowest BCUT2D eigenvalue weighted by atomic mass is 9.85. The van der Waals surface area contributed by atoms with E-state index in [9.17, 15) is 0 Å². The van der Waals surface area contributed by atoms with Crippen LogP contribution >= 0.6 is 0 Å². The zero-order valence-corrected chi connectivity index (χ0v) is 33.6. The molecule has 0 spiro atoms. The van der Waals surface area contributed by atoms with Gasteiger partial charge in [0.2, 0.25) is 0 Å². The summed E-state index contributed by atoms with van der Waals surface area (Å²) in [6, 6.07) is 90.4. The van der Waals surface area contributed by atoms with E-state index in [2.05, 4.69) is 254 Å². The fourth-order valence-electron chi connectivity index (χ4n) is 9.26. The molecule has 0 amide bonds. The molecule has 0 unspecified atom stereocenters. The molecule has 0 aromatic heterocycles. The van der Waals surface area contributed by atoms with Crippen molar-refractivity contribution in [1.29, 1.82) is 0 Å². The first-order valence-electron chi connectivity index (χ1n) is 21.0. The van der Waals surface area contributed by atoms with E-state index in [1.165, 1.54) is 88.0 Å². The highest BCUT2D eigenvalue weighted by Crippen LogP contribution is 2.46. The minimum absolute atomic E-state index is 1.09. The molecular formula is C60H41N. The Morgan fingerprint density at radius 1 is 0.213 bits per heavy atom. The zero-order chi connectivity index (χ0) is 40.5. The average molecular weight is 776 g/mol. The minimum Gasteiger partial charge on any atom is -0.310 e. The molecule has 0 aliphatic carbocycles. The Bertz CT molecular complexity index is 3330. The molecule has 0 N–H and O–H groups in total. The van der Waals surface area contributed by atoms with Crippen molar-refractivity contribution >= 4 is 49.4 Å². The summed E-state index contributed by atoms with van der Waals surface area (Å²) in [6.07, 6.45) is 0. The van der Waals surface area contributed by atoms with Crippen molar-refractivity contribution in [2.24, 2.45) is 0 Å². The summed E-state index contributed by atoms with van der Waals surface area (Å²) >= 11 is 0. The van der Waals surface area contributed by atoms with E-state index in [1.54, 1.807) is 0 Å². The van der Waals surface area contributed by atoms with E-state index in [1.807, 2.05) is 0 Å². The largest absolute Gasteiger partial charge is 0.310 e. The van der Waals surface area contributed by atoms with Crippen LogP contribution in [0.25, 0.3) is 88.0 Å². The Hall–Kier alpha value is -8.00. The van der Waals surface area contributed by atoms with Crippen molar-refractivity contribution in [2.75, 3.05) is 4.90 Å². The Labute approximate surface area is 357 Å². The molecule has 0 heterocycles. The first-order chi connectivity index (χ1) is 30.3. The number of hydrogen-bond acceptors (Lipinski definition) is 1. The summed E-state index contributed by atoms with van der Waals surface area (Å²) in [5, 5.41) is 7.51. The van der Waals surface area contributed by atoms with Gasteiger partial charge in [0.1, 0.15) is 0 Å². The molecule has 11 aromatic rings. The van der Waals surface area contributed by atoms with E-state index in [0.717, 1.165) is 17.1 Å². The molecule has 0 atom stereocenters. The molecule has 0 aliphatic heterocycles. The quantitative estimate of drug-likeness (QED) is 0.139. The molecule has 1 heteroatoms. The van der Waals surface area contributed by atoms with E-state index >= 15 is 0 Å². The van der Waals surface area contributed by atoms with Gasteiger partial charge in [-0.1, -0.05) is 212 Å². The van der Waals surface area contributed by atoms with Crippen LogP contribution in [0.3, 0.4) is 0 Å². The van der Waals surface area contributed by atoms with Crippen LogP contribution in [0.2, 0.25) is 0 Å². The van der Waals surface area contributed by atoms with Gasteiger partial charge in [-0.2, -0.15) is 0 Å². The van der Waals surface area contributed by atoms with Gasteiger partial charge in [0, 0.05) is 17.1 Å². The Kier molecular flexibility index (Phi) is 9.26. The first-order valence-corrected chi connectivity index (χ1v) is 21.0. The number of fused-ring (bicyclic) bond motifs is 4. The van der Waals surface area contributed by atoms with Gasteiger partial charge in [-0.05, 0) is 124 Å². The van der Waals surface area contributed by atoms with Crippen LogP contribution in [-0.2, 0) is 0 Å². The average Bonchev–Trinajstić information content (AvgIpc) is 3.34. The van der Waals surface area contributed by atoms with Crippen LogP contribution in [0.4, 0.5) is 17.1 Å². The van der Waals surface area contributed by atoms with Gasteiger partial charge in [-0.25, -0.2) is 0 Å². The van der Waals surface area contributed by atoms with E-state index in [4.69, 9.17) is 0 Å². The molecule has 0 saturated carbocycles. The second kappa shape index (κ2) is 15.6. The van der Waals surface area contributed by atoms with Crippen LogP contribution in [0, 0.1) is 0 Å². The molecule has 0 saturated heterocycles. The highest BCUT2D eigenvalue weighted by Gasteiger charge is 2.20. The van der Waals surface area contributed by atoms with Crippen molar-refractivity contribution in [2.45, 2.75) is 0 Å². The van der Waals surface area contributed by atoms with Crippen LogP contribution in [-0.4, -0.2) is 0 Å². The Morgan fingerprint density at radius 3 is 1.21 bits per heavy atom. The first kappa shape index (κ1) is 36.1. The Morgan fingerprint density at radius 2 is 0.607 bits per heavy atom. The lowest BCUT2D eigenvalue weighted by molar-refractivity contribution is 1.28. The molecule has 1 nitrogen and oxygen atoms in total. The van der Waals surface area contributed by atoms with Crippen molar-refractivity contribution in [3.63, 3.8) is 0 Å². The second-order valence-corrected chi connectivity index (χ2v) is 15.6. The highest BCUT2D eigenvalue weighted by atomic mass is 15.1. The SMILES string of the molecule is c1ccc(-c2ccccc2-c2ccc(N(c3ccc(-c4cccc5ccccc45)cc3)c3cccc(-c4c(-c5ccccc5)c5ccccc5c5ccccc45)c3)cc2)cc1. The van der Waals surface area contributed by atoms with Crippen molar-refractivity contribution in [3.8, 4) is 55.6 Å². The topological polar surface area (TPSA) is 3.24 Å². The summed E-state index contributed by atoms with van der Waals surface area (Å²) in [5.74, 6) is 0. The molecule has 0 aliphatic rings. The molecule has 11 aromatic carbocycles. The smallest absolute Gasteiger partial charge is 0.0467 e. The van der Waals surface area contributed by atoms with Gasteiger partial charge in [-0.3, -0.25) is 0 Å². The number of benzene rings is 11. The van der Waals surface area contributed by atoms with Crippen molar-refractivity contribution in [3.05, 3.63) is 249 Å². The standard InChI is InChI=1S/C60H41N/c1-3-17-42(18-4-1)51-26-9-10-27-53(51)44-33-37-48(38-34-44)61(49-39-35-45(36-40-49)54-32-16-22-43-19-7-8-25-52(43)54)50-24-15-23-47(41-50)60-58-31-14-12-29-56(58)55-28-11-13-30-57(55)59(60)46-20-5-2-6-21-46/h1-41H. The van der Waals surface area contributed by atoms with Crippen LogP contribution in [0.15, 0.2) is 249 Å². The summed E-state index contributed by atoms with van der Waals surface area (Å²) in [7, 11) is 0. The number of anilines is 3. The molecule has 0 radical (unpaired) electrons. The third kappa shape index (κ3) is 6.63. The van der Waals surface area contributed by atoms with E-state index < -0.39 is 0 Å². The monoisotopic (exact) mass is 775 g/mol. The fraction of sp³-hybridized carbons (Fsp3) is 0. The number of hydrogen-bond donors (Lipinski definition) is 0. The third-order valence-corrected chi connectivity index (χ3v) is 12.1. The molecule has 286 valence electrons. The number of nitrogens with zero attached hydrogens (tertiary/aromatic N) is 1.